The lowest BCUT2D eigenvalue weighted by molar-refractivity contribution is -0.143. The van der Waals surface area contributed by atoms with Gasteiger partial charge in [-0.3, -0.25) is 9.59 Å². The molecule has 7 nitrogen and oxygen atoms in total. The van der Waals surface area contributed by atoms with Gasteiger partial charge in [-0.05, 0) is 37.1 Å². The van der Waals surface area contributed by atoms with E-state index in [9.17, 15) is 22.4 Å². The lowest BCUT2D eigenvalue weighted by Crippen LogP contribution is -2.62. The predicted octanol–water partition coefficient (Wildman–Crippen LogP) is 0.573. The molecule has 2 heterocycles. The smallest absolute Gasteiger partial charge is 0.243 e. The van der Waals surface area contributed by atoms with Crippen LogP contribution in [0.2, 0.25) is 0 Å². The van der Waals surface area contributed by atoms with E-state index in [1.807, 2.05) is 0 Å². The molecule has 3 rings (SSSR count). The van der Waals surface area contributed by atoms with E-state index in [2.05, 4.69) is 5.32 Å². The Morgan fingerprint density at radius 2 is 1.81 bits per heavy atom. The Bertz CT molecular complexity index is 791. The fourth-order valence-electron chi connectivity index (χ4n) is 3.41. The summed E-state index contributed by atoms with van der Waals surface area (Å²) in [6.07, 6.45) is 1.23. The van der Waals surface area contributed by atoms with Gasteiger partial charge >= 0.3 is 0 Å². The van der Waals surface area contributed by atoms with Crippen molar-refractivity contribution in [2.45, 2.75) is 30.7 Å². The Hall–Kier alpha value is -2.00. The van der Waals surface area contributed by atoms with Crippen LogP contribution in [-0.4, -0.2) is 61.7 Å². The molecule has 1 aromatic rings. The van der Waals surface area contributed by atoms with Gasteiger partial charge in [0, 0.05) is 33.1 Å². The van der Waals surface area contributed by atoms with Crippen LogP contribution in [0.3, 0.4) is 0 Å². The minimum Gasteiger partial charge on any atom is -0.350 e. The van der Waals surface area contributed by atoms with E-state index in [1.165, 1.54) is 23.4 Å². The van der Waals surface area contributed by atoms with Crippen LogP contribution in [-0.2, 0) is 19.6 Å². The molecule has 2 aliphatic rings. The molecule has 9 heteroatoms. The number of benzene rings is 1. The molecule has 26 heavy (non-hydrogen) atoms. The summed E-state index contributed by atoms with van der Waals surface area (Å²) in [5.41, 5.74) is 0. The van der Waals surface area contributed by atoms with Crippen LogP contribution < -0.4 is 5.32 Å². The molecule has 142 valence electrons. The SMILES string of the molecule is CC(=O)NC1CN(C(=O)[C@@H]2CCCN(S(=O)(=O)c3ccc(F)cc3)C2)C1. The van der Waals surface area contributed by atoms with Crippen LogP contribution in [0.1, 0.15) is 19.8 Å². The Labute approximate surface area is 152 Å². The second-order valence-electron chi connectivity index (χ2n) is 6.80. The highest BCUT2D eigenvalue weighted by Gasteiger charge is 2.39. The lowest BCUT2D eigenvalue weighted by Gasteiger charge is -2.42. The van der Waals surface area contributed by atoms with Gasteiger partial charge in [0.1, 0.15) is 5.82 Å². The van der Waals surface area contributed by atoms with Crippen LogP contribution >= 0.6 is 0 Å². The highest BCUT2D eigenvalue weighted by atomic mass is 32.2. The summed E-state index contributed by atoms with van der Waals surface area (Å²) in [5.74, 6) is -1.10. The maximum atomic E-state index is 13.0. The number of likely N-dealkylation sites (tertiary alicyclic amines) is 1. The van der Waals surface area contributed by atoms with E-state index in [1.54, 1.807) is 4.90 Å². The molecule has 0 aromatic heterocycles. The average molecular weight is 383 g/mol. The van der Waals surface area contributed by atoms with E-state index in [0.29, 0.717) is 32.5 Å². The van der Waals surface area contributed by atoms with Gasteiger partial charge < -0.3 is 10.2 Å². The van der Waals surface area contributed by atoms with Crippen LogP contribution in [0.15, 0.2) is 29.2 Å². The Morgan fingerprint density at radius 3 is 2.42 bits per heavy atom. The topological polar surface area (TPSA) is 86.8 Å². The summed E-state index contributed by atoms with van der Waals surface area (Å²) in [6, 6.07) is 4.68. The molecule has 0 unspecified atom stereocenters. The summed E-state index contributed by atoms with van der Waals surface area (Å²) in [7, 11) is -3.75. The summed E-state index contributed by atoms with van der Waals surface area (Å²) >= 11 is 0. The van der Waals surface area contributed by atoms with Gasteiger partial charge in [-0.15, -0.1) is 0 Å². The molecule has 1 atom stereocenters. The lowest BCUT2D eigenvalue weighted by atomic mass is 9.95. The third-order valence-electron chi connectivity index (χ3n) is 4.79. The quantitative estimate of drug-likeness (QED) is 0.824. The molecule has 0 radical (unpaired) electrons. The Balaban J connectivity index is 1.63. The maximum absolute atomic E-state index is 13.0. The first-order valence-corrected chi connectivity index (χ1v) is 10.0. The molecule has 2 saturated heterocycles. The zero-order chi connectivity index (χ0) is 18.9. The monoisotopic (exact) mass is 383 g/mol. The van der Waals surface area contributed by atoms with Crippen LogP contribution in [0.25, 0.3) is 0 Å². The molecule has 0 aliphatic carbocycles. The Kier molecular flexibility index (Phi) is 5.29. The fourth-order valence-corrected chi connectivity index (χ4v) is 4.94. The van der Waals surface area contributed by atoms with Gasteiger partial charge in [-0.2, -0.15) is 4.31 Å². The van der Waals surface area contributed by atoms with E-state index < -0.39 is 21.8 Å². The van der Waals surface area contributed by atoms with E-state index in [-0.39, 0.29) is 29.3 Å². The van der Waals surface area contributed by atoms with Crippen molar-refractivity contribution >= 4 is 21.8 Å². The number of rotatable bonds is 4. The van der Waals surface area contributed by atoms with Crippen molar-refractivity contribution in [3.8, 4) is 0 Å². The fraction of sp³-hybridized carbons (Fsp3) is 0.529. The molecule has 1 N–H and O–H groups in total. The number of sulfonamides is 1. The number of halogens is 1. The van der Waals surface area contributed by atoms with Crippen molar-refractivity contribution in [3.63, 3.8) is 0 Å². The average Bonchev–Trinajstić information content (AvgIpc) is 2.57. The molecule has 0 spiro atoms. The highest BCUT2D eigenvalue weighted by molar-refractivity contribution is 7.89. The van der Waals surface area contributed by atoms with Gasteiger partial charge in [0.25, 0.3) is 0 Å². The van der Waals surface area contributed by atoms with Gasteiger partial charge in [0.2, 0.25) is 21.8 Å². The zero-order valence-corrected chi connectivity index (χ0v) is 15.3. The summed E-state index contributed by atoms with van der Waals surface area (Å²) in [4.78, 5) is 25.3. The van der Waals surface area contributed by atoms with E-state index in [0.717, 1.165) is 12.1 Å². The number of carbonyl (C=O) groups excluding carboxylic acids is 2. The highest BCUT2D eigenvalue weighted by Crippen LogP contribution is 2.26. The largest absolute Gasteiger partial charge is 0.350 e. The third-order valence-corrected chi connectivity index (χ3v) is 6.66. The second kappa shape index (κ2) is 7.32. The maximum Gasteiger partial charge on any atom is 0.243 e. The van der Waals surface area contributed by atoms with Gasteiger partial charge in [-0.1, -0.05) is 0 Å². The molecular formula is C17H22FN3O4S. The molecule has 0 bridgehead atoms. The summed E-state index contributed by atoms with van der Waals surface area (Å²) in [5, 5.41) is 2.76. The van der Waals surface area contributed by atoms with Crippen LogP contribution in [0.4, 0.5) is 4.39 Å². The molecule has 2 amide bonds. The first kappa shape index (κ1) is 18.8. The standard InChI is InChI=1S/C17H22FN3O4S/c1-12(22)19-15-10-20(11-15)17(23)13-3-2-8-21(9-13)26(24,25)16-6-4-14(18)5-7-16/h4-7,13,15H,2-3,8-11H2,1H3,(H,19,22)/t13-/m1/s1. The van der Waals surface area contributed by atoms with Crippen molar-refractivity contribution in [3.05, 3.63) is 30.1 Å². The normalized spacial score (nSPS) is 21.9. The predicted molar refractivity (Wildman–Crippen MR) is 92.1 cm³/mol. The van der Waals surface area contributed by atoms with Crippen molar-refractivity contribution in [2.75, 3.05) is 26.2 Å². The van der Waals surface area contributed by atoms with Crippen LogP contribution in [0, 0.1) is 11.7 Å². The number of nitrogens with one attached hydrogen (secondary N) is 1. The third kappa shape index (κ3) is 3.88. The molecule has 0 saturated carbocycles. The molecule has 2 fully saturated rings. The number of piperidine rings is 1. The first-order valence-electron chi connectivity index (χ1n) is 8.59. The van der Waals surface area contributed by atoms with E-state index >= 15 is 0 Å². The van der Waals surface area contributed by atoms with Crippen molar-refractivity contribution in [1.29, 1.82) is 0 Å². The van der Waals surface area contributed by atoms with Crippen molar-refractivity contribution < 1.29 is 22.4 Å². The zero-order valence-electron chi connectivity index (χ0n) is 14.5. The number of hydrogen-bond donors (Lipinski definition) is 1. The number of carbonyl (C=O) groups is 2. The number of nitrogens with zero attached hydrogens (tertiary/aromatic N) is 2. The second-order valence-corrected chi connectivity index (χ2v) is 8.73. The molecule has 2 aliphatic heterocycles. The molecule has 1 aromatic carbocycles. The number of amides is 2. The van der Waals surface area contributed by atoms with Gasteiger partial charge in [-0.25, -0.2) is 12.8 Å². The minimum absolute atomic E-state index is 0.0286. The van der Waals surface area contributed by atoms with E-state index in [4.69, 9.17) is 0 Å². The Morgan fingerprint density at radius 1 is 1.15 bits per heavy atom. The van der Waals surface area contributed by atoms with Gasteiger partial charge in [0.15, 0.2) is 0 Å². The van der Waals surface area contributed by atoms with Gasteiger partial charge in [0.05, 0.1) is 16.9 Å². The molecular weight excluding hydrogens is 361 g/mol. The minimum atomic E-state index is -3.75. The summed E-state index contributed by atoms with van der Waals surface area (Å²) in [6.45, 7) is 2.82. The first-order chi connectivity index (χ1) is 12.3. The van der Waals surface area contributed by atoms with Crippen molar-refractivity contribution in [1.82, 2.24) is 14.5 Å². The van der Waals surface area contributed by atoms with Crippen LogP contribution in [0.5, 0.6) is 0 Å². The summed E-state index contributed by atoms with van der Waals surface area (Å²) < 4.78 is 39.8. The van der Waals surface area contributed by atoms with Crippen molar-refractivity contribution in [2.24, 2.45) is 5.92 Å². The number of hydrogen-bond acceptors (Lipinski definition) is 4.